The summed E-state index contributed by atoms with van der Waals surface area (Å²) in [5.41, 5.74) is 0.678. The van der Waals surface area contributed by atoms with Crippen LogP contribution in [0.25, 0.3) is 0 Å². The van der Waals surface area contributed by atoms with Gasteiger partial charge in [0.05, 0.1) is 0 Å². The van der Waals surface area contributed by atoms with Gasteiger partial charge in [0.25, 0.3) is 5.91 Å². The number of nitrogens with one attached hydrogen (secondary N) is 1. The molecule has 1 heterocycles. The van der Waals surface area contributed by atoms with Crippen molar-refractivity contribution in [2.45, 2.75) is 47.5 Å². The minimum Gasteiger partial charge on any atom is -0.343 e. The van der Waals surface area contributed by atoms with Crippen LogP contribution in [-0.2, 0) is 9.59 Å². The number of rotatable bonds is 5. The normalized spacial score (nSPS) is 15.2. The van der Waals surface area contributed by atoms with Crippen molar-refractivity contribution >= 4 is 23.4 Å². The van der Waals surface area contributed by atoms with E-state index >= 15 is 0 Å². The molecule has 0 bridgehead atoms. The molecule has 6 nitrogen and oxygen atoms in total. The predicted octanol–water partition coefficient (Wildman–Crippen LogP) is 3.39. The fourth-order valence-electron chi connectivity index (χ4n) is 3.35. The summed E-state index contributed by atoms with van der Waals surface area (Å²) in [5, 5.41) is 2.87. The second-order valence-electron chi connectivity index (χ2n) is 8.36. The van der Waals surface area contributed by atoms with E-state index in [0.717, 1.165) is 13.1 Å². The Kier molecular flexibility index (Phi) is 7.22. The Labute approximate surface area is 168 Å². The average molecular weight is 388 g/mol. The largest absolute Gasteiger partial charge is 0.343 e. The molecule has 6 heteroatoms. The van der Waals surface area contributed by atoms with E-state index in [1.165, 1.54) is 0 Å². The third-order valence-electron chi connectivity index (χ3n) is 5.26. The molecule has 0 unspecified atom stereocenters. The minimum absolute atomic E-state index is 0.00126. The molecule has 2 rings (SSSR count). The summed E-state index contributed by atoms with van der Waals surface area (Å²) in [6.45, 7) is 12.1. The van der Waals surface area contributed by atoms with Gasteiger partial charge < -0.3 is 15.1 Å². The number of nitrogens with zero attached hydrogens (tertiary/aromatic N) is 2. The summed E-state index contributed by atoms with van der Waals surface area (Å²) in [5.74, 6) is 0.0544. The van der Waals surface area contributed by atoms with Crippen molar-refractivity contribution in [3.63, 3.8) is 0 Å². The van der Waals surface area contributed by atoms with Crippen molar-refractivity contribution in [2.24, 2.45) is 11.3 Å². The number of hydrogen-bond acceptors (Lipinski definition) is 3. The Morgan fingerprint density at radius 2 is 1.71 bits per heavy atom. The molecule has 0 spiro atoms. The van der Waals surface area contributed by atoms with Crippen LogP contribution in [0.4, 0.5) is 5.69 Å². The van der Waals surface area contributed by atoms with Crippen molar-refractivity contribution in [2.75, 3.05) is 31.5 Å². The Morgan fingerprint density at radius 3 is 2.25 bits per heavy atom. The highest BCUT2D eigenvalue weighted by Gasteiger charge is 2.30. The lowest BCUT2D eigenvalue weighted by Crippen LogP contribution is -2.44. The summed E-state index contributed by atoms with van der Waals surface area (Å²) in [4.78, 5) is 41.2. The van der Waals surface area contributed by atoms with Crippen LogP contribution in [0.1, 0.15) is 57.8 Å². The van der Waals surface area contributed by atoms with E-state index in [9.17, 15) is 14.4 Å². The van der Waals surface area contributed by atoms with Gasteiger partial charge in [0, 0.05) is 48.8 Å². The molecule has 0 atom stereocenters. The van der Waals surface area contributed by atoms with Crippen molar-refractivity contribution < 1.29 is 14.4 Å². The Hall–Kier alpha value is -2.37. The van der Waals surface area contributed by atoms with Crippen molar-refractivity contribution in [3.8, 4) is 0 Å². The van der Waals surface area contributed by atoms with Gasteiger partial charge >= 0.3 is 0 Å². The summed E-state index contributed by atoms with van der Waals surface area (Å²) < 4.78 is 0. The Bertz CT molecular complexity index is 712. The van der Waals surface area contributed by atoms with E-state index in [1.807, 2.05) is 39.5 Å². The lowest BCUT2D eigenvalue weighted by atomic mass is 9.94. The molecule has 1 saturated heterocycles. The molecule has 0 saturated carbocycles. The first-order valence-electron chi connectivity index (χ1n) is 10.2. The van der Waals surface area contributed by atoms with E-state index in [0.29, 0.717) is 37.2 Å². The third kappa shape index (κ3) is 5.33. The molecule has 1 aromatic carbocycles. The van der Waals surface area contributed by atoms with E-state index in [-0.39, 0.29) is 23.6 Å². The predicted molar refractivity (Wildman–Crippen MR) is 111 cm³/mol. The smallest absolute Gasteiger partial charge is 0.253 e. The molecule has 0 radical (unpaired) electrons. The van der Waals surface area contributed by atoms with Gasteiger partial charge in [0.2, 0.25) is 11.8 Å². The molecular weight excluding hydrogens is 354 g/mol. The summed E-state index contributed by atoms with van der Waals surface area (Å²) in [7, 11) is 0. The van der Waals surface area contributed by atoms with Crippen LogP contribution in [0.5, 0.6) is 0 Å². The van der Waals surface area contributed by atoms with E-state index in [2.05, 4.69) is 5.32 Å². The molecule has 0 aliphatic carbocycles. The summed E-state index contributed by atoms with van der Waals surface area (Å²) in [6.07, 6.45) is 1.39. The molecule has 28 heavy (non-hydrogen) atoms. The van der Waals surface area contributed by atoms with Gasteiger partial charge in [0.1, 0.15) is 0 Å². The number of carbonyl (C=O) groups is 3. The minimum atomic E-state index is -0.501. The van der Waals surface area contributed by atoms with Crippen LogP contribution in [0.15, 0.2) is 24.3 Å². The first kappa shape index (κ1) is 21.9. The number of hydrogen-bond donors (Lipinski definition) is 1. The van der Waals surface area contributed by atoms with Gasteiger partial charge in [-0.05, 0) is 44.9 Å². The molecule has 0 aromatic heterocycles. The maximum Gasteiger partial charge on any atom is 0.253 e. The van der Waals surface area contributed by atoms with Gasteiger partial charge in [-0.15, -0.1) is 0 Å². The molecule has 1 aromatic rings. The van der Waals surface area contributed by atoms with E-state index in [1.54, 1.807) is 29.2 Å². The van der Waals surface area contributed by atoms with Crippen LogP contribution in [0.3, 0.4) is 0 Å². The third-order valence-corrected chi connectivity index (χ3v) is 5.26. The fourth-order valence-corrected chi connectivity index (χ4v) is 3.35. The zero-order chi connectivity index (χ0) is 20.9. The first-order valence-corrected chi connectivity index (χ1v) is 10.2. The maximum atomic E-state index is 12.9. The Balaban J connectivity index is 1.99. The molecule has 1 aliphatic heterocycles. The highest BCUT2D eigenvalue weighted by atomic mass is 16.2. The maximum absolute atomic E-state index is 12.9. The van der Waals surface area contributed by atoms with Crippen LogP contribution in [0, 0.1) is 11.3 Å². The second-order valence-corrected chi connectivity index (χ2v) is 8.36. The average Bonchev–Trinajstić information content (AvgIpc) is 2.68. The highest BCUT2D eigenvalue weighted by Crippen LogP contribution is 2.23. The summed E-state index contributed by atoms with van der Waals surface area (Å²) in [6, 6.07) is 7.05. The number of carbonyl (C=O) groups excluding carboxylic acids is 3. The quantitative estimate of drug-likeness (QED) is 0.842. The fraction of sp³-hybridized carbons (Fsp3) is 0.591. The lowest BCUT2D eigenvalue weighted by molar-refractivity contribution is -0.136. The van der Waals surface area contributed by atoms with Crippen molar-refractivity contribution in [1.29, 1.82) is 0 Å². The SMILES string of the molecule is CCN(CC)C(=O)C1CCN(C(=O)c2cccc(NC(=O)C(C)(C)C)c2)CC1. The standard InChI is InChI=1S/C22H33N3O3/c1-6-24(7-2)19(26)16-11-13-25(14-12-16)20(27)17-9-8-10-18(15-17)23-21(28)22(3,4)5/h8-10,15-16H,6-7,11-14H2,1-5H3,(H,23,28). The topological polar surface area (TPSA) is 69.7 Å². The zero-order valence-corrected chi connectivity index (χ0v) is 17.7. The van der Waals surface area contributed by atoms with Gasteiger partial charge in [-0.3, -0.25) is 14.4 Å². The molecule has 3 amide bonds. The van der Waals surface area contributed by atoms with Gasteiger partial charge in [-0.1, -0.05) is 26.8 Å². The molecule has 154 valence electrons. The van der Waals surface area contributed by atoms with E-state index in [4.69, 9.17) is 0 Å². The molecular formula is C22H33N3O3. The van der Waals surface area contributed by atoms with Crippen molar-refractivity contribution in [3.05, 3.63) is 29.8 Å². The van der Waals surface area contributed by atoms with Gasteiger partial charge in [-0.25, -0.2) is 0 Å². The molecule has 1 aliphatic rings. The van der Waals surface area contributed by atoms with Crippen molar-refractivity contribution in [1.82, 2.24) is 9.80 Å². The molecule has 1 N–H and O–H groups in total. The first-order chi connectivity index (χ1) is 13.2. The molecule has 1 fully saturated rings. The van der Waals surface area contributed by atoms with E-state index < -0.39 is 5.41 Å². The number of anilines is 1. The number of amides is 3. The lowest BCUT2D eigenvalue weighted by Gasteiger charge is -2.33. The monoisotopic (exact) mass is 387 g/mol. The number of piperidine rings is 1. The number of likely N-dealkylation sites (tertiary alicyclic amines) is 1. The van der Waals surface area contributed by atoms with Crippen LogP contribution in [-0.4, -0.2) is 53.7 Å². The van der Waals surface area contributed by atoms with Gasteiger partial charge in [-0.2, -0.15) is 0 Å². The summed E-state index contributed by atoms with van der Waals surface area (Å²) >= 11 is 0. The van der Waals surface area contributed by atoms with Crippen LogP contribution in [0.2, 0.25) is 0 Å². The number of benzene rings is 1. The Morgan fingerprint density at radius 1 is 1.11 bits per heavy atom. The zero-order valence-electron chi connectivity index (χ0n) is 17.7. The van der Waals surface area contributed by atoms with Crippen LogP contribution >= 0.6 is 0 Å². The second kappa shape index (κ2) is 9.22. The highest BCUT2D eigenvalue weighted by molar-refractivity contribution is 5.98. The van der Waals surface area contributed by atoms with Gasteiger partial charge in [0.15, 0.2) is 0 Å². The van der Waals surface area contributed by atoms with Crippen LogP contribution < -0.4 is 5.32 Å².